The Balaban J connectivity index is 2.50. The SMILES string of the molecule is CCCNC(c1c(F)cc(Br)cc1F)c1ccnn1C. The van der Waals surface area contributed by atoms with E-state index in [0.29, 0.717) is 11.0 Å². The van der Waals surface area contributed by atoms with Crippen molar-refractivity contribution < 1.29 is 8.78 Å². The summed E-state index contributed by atoms with van der Waals surface area (Å²) in [6.07, 6.45) is 2.48. The van der Waals surface area contributed by atoms with Gasteiger partial charge in [0, 0.05) is 23.3 Å². The van der Waals surface area contributed by atoms with Crippen molar-refractivity contribution >= 4 is 15.9 Å². The fourth-order valence-electron chi connectivity index (χ4n) is 2.14. The van der Waals surface area contributed by atoms with Gasteiger partial charge in [0.15, 0.2) is 0 Å². The van der Waals surface area contributed by atoms with Crippen molar-refractivity contribution in [2.45, 2.75) is 19.4 Å². The highest BCUT2D eigenvalue weighted by Gasteiger charge is 2.24. The molecule has 0 saturated heterocycles. The summed E-state index contributed by atoms with van der Waals surface area (Å²) >= 11 is 3.09. The van der Waals surface area contributed by atoms with Crippen LogP contribution in [0.1, 0.15) is 30.6 Å². The van der Waals surface area contributed by atoms with Crippen molar-refractivity contribution in [1.29, 1.82) is 0 Å². The largest absolute Gasteiger partial charge is 0.305 e. The van der Waals surface area contributed by atoms with E-state index in [0.717, 1.165) is 12.1 Å². The quantitative estimate of drug-likeness (QED) is 0.899. The maximum atomic E-state index is 14.2. The molecule has 108 valence electrons. The Labute approximate surface area is 125 Å². The van der Waals surface area contributed by atoms with Crippen LogP contribution < -0.4 is 5.32 Å². The minimum absolute atomic E-state index is 0.0188. The van der Waals surface area contributed by atoms with Crippen LogP contribution in [0.5, 0.6) is 0 Å². The van der Waals surface area contributed by atoms with Crippen molar-refractivity contribution in [3.8, 4) is 0 Å². The van der Waals surface area contributed by atoms with Crippen LogP contribution in [0.3, 0.4) is 0 Å². The molecule has 1 unspecified atom stereocenters. The molecule has 0 aliphatic rings. The first-order valence-electron chi connectivity index (χ1n) is 6.40. The number of hydrogen-bond acceptors (Lipinski definition) is 2. The maximum absolute atomic E-state index is 14.2. The second kappa shape index (κ2) is 6.45. The van der Waals surface area contributed by atoms with Crippen LogP contribution in [0.2, 0.25) is 0 Å². The van der Waals surface area contributed by atoms with Crippen LogP contribution in [0.15, 0.2) is 28.9 Å². The monoisotopic (exact) mass is 343 g/mol. The zero-order valence-corrected chi connectivity index (χ0v) is 12.9. The van der Waals surface area contributed by atoms with Crippen LogP contribution in [0.25, 0.3) is 0 Å². The summed E-state index contributed by atoms with van der Waals surface area (Å²) in [6, 6.07) is 3.74. The van der Waals surface area contributed by atoms with Crippen LogP contribution in [0.4, 0.5) is 8.78 Å². The molecular formula is C14H16BrF2N3. The van der Waals surface area contributed by atoms with Gasteiger partial charge in [0.25, 0.3) is 0 Å². The highest BCUT2D eigenvalue weighted by Crippen LogP contribution is 2.29. The van der Waals surface area contributed by atoms with Gasteiger partial charge in [-0.25, -0.2) is 8.78 Å². The molecule has 0 spiro atoms. The molecule has 0 bridgehead atoms. The van der Waals surface area contributed by atoms with Gasteiger partial charge in [0.2, 0.25) is 0 Å². The summed E-state index contributed by atoms with van der Waals surface area (Å²) in [4.78, 5) is 0. The summed E-state index contributed by atoms with van der Waals surface area (Å²) in [6.45, 7) is 2.66. The van der Waals surface area contributed by atoms with E-state index in [4.69, 9.17) is 0 Å². The van der Waals surface area contributed by atoms with Crippen LogP contribution in [-0.2, 0) is 7.05 Å². The molecule has 3 nitrogen and oxygen atoms in total. The lowest BCUT2D eigenvalue weighted by Gasteiger charge is -2.20. The number of nitrogens with zero attached hydrogens (tertiary/aromatic N) is 2. The Morgan fingerprint density at radius 1 is 1.35 bits per heavy atom. The molecule has 0 saturated carbocycles. The van der Waals surface area contributed by atoms with Gasteiger partial charge < -0.3 is 5.32 Å². The predicted octanol–water partition coefficient (Wildman–Crippen LogP) is 3.55. The van der Waals surface area contributed by atoms with E-state index in [1.165, 1.54) is 12.1 Å². The summed E-state index contributed by atoms with van der Waals surface area (Å²) in [5.74, 6) is -1.15. The Bertz CT molecular complexity index is 575. The van der Waals surface area contributed by atoms with Gasteiger partial charge >= 0.3 is 0 Å². The van der Waals surface area contributed by atoms with Crippen molar-refractivity contribution in [1.82, 2.24) is 15.1 Å². The van der Waals surface area contributed by atoms with Gasteiger partial charge in [0.05, 0.1) is 11.7 Å². The number of benzene rings is 1. The van der Waals surface area contributed by atoms with Gasteiger partial charge in [0.1, 0.15) is 11.6 Å². The first-order valence-corrected chi connectivity index (χ1v) is 7.19. The van der Waals surface area contributed by atoms with Gasteiger partial charge in [-0.15, -0.1) is 0 Å². The smallest absolute Gasteiger partial charge is 0.132 e. The highest BCUT2D eigenvalue weighted by molar-refractivity contribution is 9.10. The summed E-state index contributed by atoms with van der Waals surface area (Å²) in [5, 5.41) is 7.24. The van der Waals surface area contributed by atoms with Crippen LogP contribution in [-0.4, -0.2) is 16.3 Å². The number of halogens is 3. The lowest BCUT2D eigenvalue weighted by Crippen LogP contribution is -2.27. The third kappa shape index (κ3) is 3.07. The molecular weight excluding hydrogens is 328 g/mol. The van der Waals surface area contributed by atoms with Crippen molar-refractivity contribution in [3.05, 3.63) is 51.8 Å². The van der Waals surface area contributed by atoms with Crippen molar-refractivity contribution in [2.24, 2.45) is 7.05 Å². The maximum Gasteiger partial charge on any atom is 0.132 e. The Hall–Kier alpha value is -1.27. The molecule has 0 fully saturated rings. The zero-order chi connectivity index (χ0) is 14.7. The number of aryl methyl sites for hydroxylation is 1. The lowest BCUT2D eigenvalue weighted by molar-refractivity contribution is 0.484. The van der Waals surface area contributed by atoms with E-state index >= 15 is 0 Å². The highest BCUT2D eigenvalue weighted by atomic mass is 79.9. The number of hydrogen-bond donors (Lipinski definition) is 1. The van der Waals surface area contributed by atoms with Crippen LogP contribution in [0, 0.1) is 11.6 Å². The molecule has 0 amide bonds. The minimum Gasteiger partial charge on any atom is -0.305 e. The predicted molar refractivity (Wildman–Crippen MR) is 77.4 cm³/mol. The van der Waals surface area contributed by atoms with Gasteiger partial charge in [-0.1, -0.05) is 22.9 Å². The Morgan fingerprint density at radius 3 is 2.50 bits per heavy atom. The molecule has 1 aromatic carbocycles. The van der Waals surface area contributed by atoms with Crippen molar-refractivity contribution in [3.63, 3.8) is 0 Å². The molecule has 0 aliphatic heterocycles. The minimum atomic E-state index is -0.577. The number of aromatic nitrogens is 2. The molecule has 6 heteroatoms. The molecule has 1 atom stereocenters. The van der Waals surface area contributed by atoms with Gasteiger partial charge in [-0.2, -0.15) is 5.10 Å². The normalized spacial score (nSPS) is 12.7. The van der Waals surface area contributed by atoms with E-state index in [1.807, 2.05) is 6.92 Å². The summed E-state index contributed by atoms with van der Waals surface area (Å²) in [7, 11) is 1.75. The zero-order valence-electron chi connectivity index (χ0n) is 11.3. The average molecular weight is 344 g/mol. The van der Waals surface area contributed by atoms with E-state index in [1.54, 1.807) is 24.0 Å². The first kappa shape index (κ1) is 15.1. The first-order chi connectivity index (χ1) is 9.54. The fraction of sp³-hybridized carbons (Fsp3) is 0.357. The molecule has 1 N–H and O–H groups in total. The molecule has 2 aromatic rings. The third-order valence-electron chi connectivity index (χ3n) is 3.09. The summed E-state index contributed by atoms with van der Waals surface area (Å²) < 4.78 is 30.3. The van der Waals surface area contributed by atoms with E-state index in [2.05, 4.69) is 26.3 Å². The van der Waals surface area contributed by atoms with E-state index < -0.39 is 17.7 Å². The molecule has 2 rings (SSSR count). The Morgan fingerprint density at radius 2 is 2.00 bits per heavy atom. The van der Waals surface area contributed by atoms with E-state index in [9.17, 15) is 8.78 Å². The molecule has 20 heavy (non-hydrogen) atoms. The van der Waals surface area contributed by atoms with Gasteiger partial charge in [-0.3, -0.25) is 4.68 Å². The van der Waals surface area contributed by atoms with Crippen molar-refractivity contribution in [2.75, 3.05) is 6.54 Å². The van der Waals surface area contributed by atoms with Gasteiger partial charge in [-0.05, 0) is 31.2 Å². The van der Waals surface area contributed by atoms with E-state index in [-0.39, 0.29) is 5.56 Å². The van der Waals surface area contributed by atoms with Crippen LogP contribution >= 0.6 is 15.9 Å². The fourth-order valence-corrected chi connectivity index (χ4v) is 2.54. The standard InChI is InChI=1S/C14H16BrF2N3/c1-3-5-18-14(12-4-6-19-20(12)2)13-10(16)7-9(15)8-11(13)17/h4,6-8,14,18H,3,5H2,1-2H3. The average Bonchev–Trinajstić information content (AvgIpc) is 2.78. The summed E-state index contributed by atoms with van der Waals surface area (Å²) in [5.41, 5.74) is 0.740. The topological polar surface area (TPSA) is 29.9 Å². The number of nitrogens with one attached hydrogen (secondary N) is 1. The third-order valence-corrected chi connectivity index (χ3v) is 3.54. The molecule has 1 aromatic heterocycles. The molecule has 1 heterocycles. The molecule has 0 radical (unpaired) electrons. The second-order valence-corrected chi connectivity index (χ2v) is 5.47. The Kier molecular flexibility index (Phi) is 4.88. The molecule has 0 aliphatic carbocycles. The lowest BCUT2D eigenvalue weighted by atomic mass is 10.0. The second-order valence-electron chi connectivity index (χ2n) is 4.55. The number of rotatable bonds is 5.